The lowest BCUT2D eigenvalue weighted by atomic mass is 9.84. The van der Waals surface area contributed by atoms with E-state index in [0.29, 0.717) is 40.1 Å². The number of carbonyl (C=O) groups is 1. The van der Waals surface area contributed by atoms with E-state index in [2.05, 4.69) is 6.07 Å². The van der Waals surface area contributed by atoms with Gasteiger partial charge in [0.05, 0.1) is 22.6 Å². The average Bonchev–Trinajstić information content (AvgIpc) is 3.21. The minimum absolute atomic E-state index is 0.000605. The maximum atomic E-state index is 13.8. The van der Waals surface area contributed by atoms with Crippen LogP contribution < -0.4 is 5.73 Å². The van der Waals surface area contributed by atoms with Crippen LogP contribution in [0, 0.1) is 17.1 Å². The summed E-state index contributed by atoms with van der Waals surface area (Å²) >= 11 is 7.51. The van der Waals surface area contributed by atoms with Crippen LogP contribution in [0.3, 0.4) is 0 Å². The molecule has 6 rings (SSSR count). The first-order valence-electron chi connectivity index (χ1n) is 11.1. The minimum Gasteiger partial charge on any atom is -0.423 e. The molecule has 3 heterocycles. The van der Waals surface area contributed by atoms with Crippen molar-refractivity contribution in [3.8, 4) is 6.07 Å². The Balaban J connectivity index is 1.54. The Morgan fingerprint density at radius 2 is 1.86 bits per heavy atom. The fourth-order valence-corrected chi connectivity index (χ4v) is 6.35. The van der Waals surface area contributed by atoms with Gasteiger partial charge in [-0.1, -0.05) is 35.9 Å². The van der Waals surface area contributed by atoms with Gasteiger partial charge in [0.15, 0.2) is 11.0 Å². The molecule has 0 radical (unpaired) electrons. The number of ether oxygens (including phenoxy) is 1. The Morgan fingerprint density at radius 3 is 2.57 bits per heavy atom. The summed E-state index contributed by atoms with van der Waals surface area (Å²) in [7, 11) is 0. The molecule has 2 atom stereocenters. The molecule has 0 saturated heterocycles. The average molecular weight is 505 g/mol. The first kappa shape index (κ1) is 22.0. The van der Waals surface area contributed by atoms with E-state index in [4.69, 9.17) is 27.1 Å². The maximum Gasteiger partial charge on any atom is 0.215 e. The topological polar surface area (TPSA) is 91.7 Å². The number of allylic oxidation sites excluding steroid dienone is 3. The van der Waals surface area contributed by atoms with Crippen molar-refractivity contribution in [2.75, 3.05) is 0 Å². The van der Waals surface area contributed by atoms with Crippen LogP contribution in [-0.4, -0.2) is 15.9 Å². The predicted molar refractivity (Wildman–Crippen MR) is 131 cm³/mol. The van der Waals surface area contributed by atoms with Gasteiger partial charge in [0.25, 0.3) is 0 Å². The molecule has 2 aromatic carbocycles. The molecule has 9 heteroatoms. The number of Topliss-reactive ketones (excluding diaryl/α,β-unsaturated/α-hetero) is 1. The Kier molecular flexibility index (Phi) is 5.20. The van der Waals surface area contributed by atoms with E-state index in [0.717, 1.165) is 28.1 Å². The number of ketones is 1. The van der Waals surface area contributed by atoms with E-state index in [1.165, 1.54) is 23.9 Å². The van der Waals surface area contributed by atoms with Crippen LogP contribution in [0.4, 0.5) is 4.39 Å². The molecule has 0 spiro atoms. The second kappa shape index (κ2) is 8.29. The molecule has 2 N–H and O–H groups in total. The van der Waals surface area contributed by atoms with Crippen molar-refractivity contribution in [1.82, 2.24) is 4.90 Å². The summed E-state index contributed by atoms with van der Waals surface area (Å²) in [4.78, 5) is 20.6. The third-order valence-electron chi connectivity index (χ3n) is 6.56. The first-order chi connectivity index (χ1) is 17.0. The van der Waals surface area contributed by atoms with Gasteiger partial charge in [-0.05, 0) is 60.0 Å². The number of rotatable bonds is 2. The number of nitriles is 1. The molecule has 174 valence electrons. The van der Waals surface area contributed by atoms with Gasteiger partial charge in [-0.15, -0.1) is 0 Å². The number of benzene rings is 2. The molecule has 6 nitrogen and oxygen atoms in total. The number of hydrogen-bond acceptors (Lipinski definition) is 7. The number of amidine groups is 1. The molecule has 1 aliphatic carbocycles. The Labute approximate surface area is 210 Å². The van der Waals surface area contributed by atoms with E-state index in [1.54, 1.807) is 24.3 Å². The van der Waals surface area contributed by atoms with E-state index in [1.807, 2.05) is 17.0 Å². The number of fused-ring (bicyclic) bond motifs is 2. The highest BCUT2D eigenvalue weighted by molar-refractivity contribution is 8.17. The van der Waals surface area contributed by atoms with E-state index in [9.17, 15) is 14.4 Å². The summed E-state index contributed by atoms with van der Waals surface area (Å²) in [6.45, 7) is 0. The van der Waals surface area contributed by atoms with Gasteiger partial charge in [-0.25, -0.2) is 9.38 Å². The van der Waals surface area contributed by atoms with Crippen molar-refractivity contribution >= 4 is 34.3 Å². The second-order valence-corrected chi connectivity index (χ2v) is 10.0. The third kappa shape index (κ3) is 3.46. The normalized spacial score (nSPS) is 23.4. The molecule has 0 bridgehead atoms. The molecule has 0 amide bonds. The summed E-state index contributed by atoms with van der Waals surface area (Å²) in [6.07, 6.45) is 1.86. The van der Waals surface area contributed by atoms with Gasteiger partial charge in [0.2, 0.25) is 11.8 Å². The van der Waals surface area contributed by atoms with Crippen LogP contribution >= 0.6 is 23.4 Å². The highest BCUT2D eigenvalue weighted by Gasteiger charge is 2.49. The molecule has 35 heavy (non-hydrogen) atoms. The van der Waals surface area contributed by atoms with Crippen molar-refractivity contribution in [1.29, 1.82) is 5.26 Å². The first-order valence-corrected chi connectivity index (χ1v) is 12.3. The summed E-state index contributed by atoms with van der Waals surface area (Å²) in [5.41, 5.74) is 9.49. The number of nitrogens with two attached hydrogens (primary N) is 1. The number of hydrogen-bond donors (Lipinski definition) is 1. The largest absolute Gasteiger partial charge is 0.423 e. The Hall–Kier alpha value is -3.54. The summed E-state index contributed by atoms with van der Waals surface area (Å²) in [6, 6.07) is 15.0. The van der Waals surface area contributed by atoms with Crippen molar-refractivity contribution < 1.29 is 13.9 Å². The molecule has 0 aromatic heterocycles. The van der Waals surface area contributed by atoms with Crippen LogP contribution in [0.2, 0.25) is 5.02 Å². The standard InChI is InChI=1S/C26H18ClFN4O2S/c27-15-8-4-13(5-9-15)20-17(12-29)24(30)34-25-23(20)35-26-31-18-2-1-3-19(33)21(18)22(32(25)26)14-6-10-16(28)11-7-14/h4-11,20,22H,1-3,30H2. The molecule has 2 aromatic rings. The van der Waals surface area contributed by atoms with Crippen molar-refractivity contribution in [2.24, 2.45) is 10.7 Å². The van der Waals surface area contributed by atoms with E-state index < -0.39 is 12.0 Å². The van der Waals surface area contributed by atoms with Crippen LogP contribution in [-0.2, 0) is 9.53 Å². The Morgan fingerprint density at radius 1 is 1.14 bits per heavy atom. The lowest BCUT2D eigenvalue weighted by Crippen LogP contribution is -2.38. The SMILES string of the molecule is N#CC1=C(N)OC2=C(SC3=NC4=C(C(=O)CCC4)C(c4ccc(F)cc4)N32)C1c1ccc(Cl)cc1. The number of halogens is 2. The fraction of sp³-hybridized carbons (Fsp3) is 0.192. The van der Waals surface area contributed by atoms with Gasteiger partial charge in [-0.2, -0.15) is 5.26 Å². The zero-order chi connectivity index (χ0) is 24.3. The number of carbonyl (C=O) groups excluding carboxylic acids is 1. The number of nitrogens with zero attached hydrogens (tertiary/aromatic N) is 3. The smallest absolute Gasteiger partial charge is 0.215 e. The van der Waals surface area contributed by atoms with Crippen LogP contribution in [0.25, 0.3) is 0 Å². The van der Waals surface area contributed by atoms with Crippen molar-refractivity contribution in [2.45, 2.75) is 31.2 Å². The van der Waals surface area contributed by atoms with Gasteiger partial charge in [0, 0.05) is 17.0 Å². The van der Waals surface area contributed by atoms with Gasteiger partial charge in [0.1, 0.15) is 17.5 Å². The number of thioether (sulfide) groups is 1. The van der Waals surface area contributed by atoms with Crippen molar-refractivity contribution in [3.05, 3.63) is 104 Å². The van der Waals surface area contributed by atoms with Crippen LogP contribution in [0.5, 0.6) is 0 Å². The van der Waals surface area contributed by atoms with E-state index >= 15 is 0 Å². The molecular weight excluding hydrogens is 487 g/mol. The minimum atomic E-state index is -0.534. The monoisotopic (exact) mass is 504 g/mol. The highest BCUT2D eigenvalue weighted by atomic mass is 35.5. The fourth-order valence-electron chi connectivity index (χ4n) is 4.99. The zero-order valence-electron chi connectivity index (χ0n) is 18.3. The summed E-state index contributed by atoms with van der Waals surface area (Å²) < 4.78 is 19.8. The van der Waals surface area contributed by atoms with Crippen LogP contribution in [0.15, 0.2) is 87.0 Å². The lowest BCUT2D eigenvalue weighted by Gasteiger charge is -2.38. The lowest BCUT2D eigenvalue weighted by molar-refractivity contribution is -0.116. The van der Waals surface area contributed by atoms with Crippen molar-refractivity contribution in [3.63, 3.8) is 0 Å². The van der Waals surface area contributed by atoms with Gasteiger partial charge < -0.3 is 10.5 Å². The molecule has 2 unspecified atom stereocenters. The van der Waals surface area contributed by atoms with E-state index in [-0.39, 0.29) is 17.5 Å². The summed E-state index contributed by atoms with van der Waals surface area (Å²) in [5, 5.41) is 11.2. The second-order valence-electron chi connectivity index (χ2n) is 8.60. The van der Waals surface area contributed by atoms with Gasteiger partial charge >= 0.3 is 0 Å². The molecule has 4 aliphatic rings. The molecular formula is C26H18ClFN4O2S. The zero-order valence-corrected chi connectivity index (χ0v) is 19.9. The maximum absolute atomic E-state index is 13.8. The molecule has 0 fully saturated rings. The third-order valence-corrected chi connectivity index (χ3v) is 7.91. The molecule has 3 aliphatic heterocycles. The number of aliphatic imine (C=N–C) groups is 1. The molecule has 0 saturated carbocycles. The quantitative estimate of drug-likeness (QED) is 0.570. The summed E-state index contributed by atoms with van der Waals surface area (Å²) in [5.74, 6) is -0.374. The highest BCUT2D eigenvalue weighted by Crippen LogP contribution is 2.55. The predicted octanol–water partition coefficient (Wildman–Crippen LogP) is 5.62. The Bertz CT molecular complexity index is 1440. The van der Waals surface area contributed by atoms with Crippen LogP contribution in [0.1, 0.15) is 42.3 Å². The van der Waals surface area contributed by atoms with Gasteiger partial charge in [-0.3, -0.25) is 9.69 Å².